The number of alkyl halides is 3. The highest BCUT2D eigenvalue weighted by Gasteiger charge is 2.33. The predicted molar refractivity (Wildman–Crippen MR) is 49.5 cm³/mol. The van der Waals surface area contributed by atoms with Crippen LogP contribution in [0.5, 0.6) is 0 Å². The maximum Gasteiger partial charge on any atom is 0.416 e. The third-order valence-corrected chi connectivity index (χ3v) is 1.66. The Bertz CT molecular complexity index is 345. The summed E-state index contributed by atoms with van der Waals surface area (Å²) >= 11 is 0. The molecule has 0 spiro atoms. The van der Waals surface area contributed by atoms with Gasteiger partial charge in [-0.05, 0) is 11.6 Å². The van der Waals surface area contributed by atoms with Crippen LogP contribution in [-0.2, 0) is 17.4 Å². The summed E-state index contributed by atoms with van der Waals surface area (Å²) in [5.41, 5.74) is -1.10. The van der Waals surface area contributed by atoms with Crippen LogP contribution in [0.1, 0.15) is 18.6 Å². The molecule has 1 rings (SSSR count). The van der Waals surface area contributed by atoms with Gasteiger partial charge in [0.2, 0.25) is 0 Å². The Kier molecular flexibility index (Phi) is 4.33. The molecule has 0 saturated heterocycles. The molecular weight excluding hydrogens is 209 g/mol. The van der Waals surface area contributed by atoms with Gasteiger partial charge in [0.05, 0.1) is 12.0 Å². The van der Waals surface area contributed by atoms with Crippen molar-refractivity contribution in [2.75, 3.05) is 0 Å². The molecule has 0 aromatic heterocycles. The topological polar surface area (TPSA) is 37.3 Å². The summed E-state index contributed by atoms with van der Waals surface area (Å²) in [5, 5.41) is 8.39. The first-order valence-electron chi connectivity index (χ1n) is 3.78. The van der Waals surface area contributed by atoms with E-state index >= 15 is 0 Å². The van der Waals surface area contributed by atoms with Crippen LogP contribution in [-0.4, -0.2) is 11.1 Å². The number of hydrogen-bond acceptors (Lipinski definition) is 1. The lowest BCUT2D eigenvalue weighted by Crippen LogP contribution is -2.11. The molecule has 84 valence electrons. The van der Waals surface area contributed by atoms with Crippen LogP contribution in [0.3, 0.4) is 0 Å². The van der Waals surface area contributed by atoms with Crippen LogP contribution in [0, 0.1) is 0 Å². The van der Waals surface area contributed by atoms with Crippen LogP contribution >= 0.6 is 0 Å². The Balaban J connectivity index is 0.00000196. The molecule has 0 amide bonds. The molecule has 1 N–H and O–H groups in total. The molecular formula is C10H11F3O2. The number of carbonyl (C=O) groups is 1. The summed E-state index contributed by atoms with van der Waals surface area (Å²) in [5.74, 6) is -1.28. The van der Waals surface area contributed by atoms with Crippen LogP contribution < -0.4 is 0 Å². The molecule has 0 fully saturated rings. The Morgan fingerprint density at radius 2 is 1.80 bits per heavy atom. The van der Waals surface area contributed by atoms with E-state index < -0.39 is 24.1 Å². The normalized spacial score (nSPS) is 10.6. The van der Waals surface area contributed by atoms with E-state index in [1.54, 1.807) is 0 Å². The average Bonchev–Trinajstić information content (AvgIpc) is 2.01. The van der Waals surface area contributed by atoms with Crippen molar-refractivity contribution in [1.29, 1.82) is 0 Å². The molecule has 1 aromatic carbocycles. The van der Waals surface area contributed by atoms with E-state index in [0.717, 1.165) is 12.1 Å². The first-order valence-corrected chi connectivity index (χ1v) is 3.78. The number of aliphatic carboxylic acids is 1. The standard InChI is InChI=1S/C9H7F3O2.CH4/c10-9(11,12)7-4-2-1-3-6(7)5-8(13)14;/h1-4H,5H2,(H,13,14);1H4. The van der Waals surface area contributed by atoms with Gasteiger partial charge >= 0.3 is 12.1 Å². The number of carboxylic acid groups (broad SMARTS) is 1. The largest absolute Gasteiger partial charge is 0.481 e. The number of carboxylic acids is 1. The fraction of sp³-hybridized carbons (Fsp3) is 0.300. The molecule has 0 aliphatic carbocycles. The quantitative estimate of drug-likeness (QED) is 0.831. The van der Waals surface area contributed by atoms with Crippen molar-refractivity contribution in [2.24, 2.45) is 0 Å². The van der Waals surface area contributed by atoms with E-state index in [1.807, 2.05) is 0 Å². The molecule has 0 heterocycles. The first kappa shape index (κ1) is 13.5. The lowest BCUT2D eigenvalue weighted by molar-refractivity contribution is -0.139. The summed E-state index contributed by atoms with van der Waals surface area (Å²) in [6.07, 6.45) is -5.11. The van der Waals surface area contributed by atoms with Crippen molar-refractivity contribution in [3.05, 3.63) is 35.4 Å². The first-order chi connectivity index (χ1) is 6.41. The Morgan fingerprint density at radius 1 is 1.27 bits per heavy atom. The summed E-state index contributed by atoms with van der Waals surface area (Å²) in [7, 11) is 0. The molecule has 0 aliphatic rings. The molecule has 0 aliphatic heterocycles. The smallest absolute Gasteiger partial charge is 0.416 e. The van der Waals surface area contributed by atoms with E-state index in [1.165, 1.54) is 12.1 Å². The van der Waals surface area contributed by atoms with Gasteiger partial charge in [0.25, 0.3) is 0 Å². The zero-order valence-electron chi connectivity index (χ0n) is 7.01. The maximum atomic E-state index is 12.3. The molecule has 15 heavy (non-hydrogen) atoms. The molecule has 0 unspecified atom stereocenters. The van der Waals surface area contributed by atoms with Crippen molar-refractivity contribution in [1.82, 2.24) is 0 Å². The van der Waals surface area contributed by atoms with Gasteiger partial charge in [0.1, 0.15) is 0 Å². The highest BCUT2D eigenvalue weighted by molar-refractivity contribution is 5.70. The van der Waals surface area contributed by atoms with E-state index in [4.69, 9.17) is 5.11 Å². The van der Waals surface area contributed by atoms with E-state index in [-0.39, 0.29) is 13.0 Å². The zero-order chi connectivity index (χ0) is 10.8. The fourth-order valence-electron chi connectivity index (χ4n) is 1.11. The minimum atomic E-state index is -4.49. The van der Waals surface area contributed by atoms with Gasteiger partial charge in [-0.25, -0.2) is 0 Å². The van der Waals surface area contributed by atoms with Crippen LogP contribution in [0.4, 0.5) is 13.2 Å². The van der Waals surface area contributed by atoms with Crippen molar-refractivity contribution in [3.63, 3.8) is 0 Å². The molecule has 0 saturated carbocycles. The average molecular weight is 220 g/mol. The number of halogens is 3. The SMILES string of the molecule is C.O=C(O)Cc1ccccc1C(F)(F)F. The van der Waals surface area contributed by atoms with Gasteiger partial charge in [-0.15, -0.1) is 0 Å². The minimum Gasteiger partial charge on any atom is -0.481 e. The van der Waals surface area contributed by atoms with Gasteiger partial charge in [0, 0.05) is 0 Å². The molecule has 0 bridgehead atoms. The Hall–Kier alpha value is -1.52. The molecule has 0 radical (unpaired) electrons. The highest BCUT2D eigenvalue weighted by atomic mass is 19.4. The van der Waals surface area contributed by atoms with Gasteiger partial charge in [-0.2, -0.15) is 13.2 Å². The lowest BCUT2D eigenvalue weighted by Gasteiger charge is -2.10. The van der Waals surface area contributed by atoms with Crippen molar-refractivity contribution >= 4 is 5.97 Å². The van der Waals surface area contributed by atoms with Crippen LogP contribution in [0.15, 0.2) is 24.3 Å². The van der Waals surface area contributed by atoms with Crippen molar-refractivity contribution < 1.29 is 23.1 Å². The Labute approximate surface area is 85.3 Å². The number of rotatable bonds is 2. The lowest BCUT2D eigenvalue weighted by atomic mass is 10.0. The van der Waals surface area contributed by atoms with E-state index in [9.17, 15) is 18.0 Å². The highest BCUT2D eigenvalue weighted by Crippen LogP contribution is 2.31. The van der Waals surface area contributed by atoms with Gasteiger partial charge in [0.15, 0.2) is 0 Å². The second kappa shape index (κ2) is 4.82. The summed E-state index contributed by atoms with van der Waals surface area (Å²) < 4.78 is 36.9. The molecule has 0 atom stereocenters. The second-order valence-corrected chi connectivity index (χ2v) is 2.73. The molecule has 5 heteroatoms. The van der Waals surface area contributed by atoms with Gasteiger partial charge in [-0.3, -0.25) is 4.79 Å². The van der Waals surface area contributed by atoms with Crippen molar-refractivity contribution in [3.8, 4) is 0 Å². The summed E-state index contributed by atoms with van der Waals surface area (Å²) in [6.45, 7) is 0. The fourth-order valence-corrected chi connectivity index (χ4v) is 1.11. The van der Waals surface area contributed by atoms with E-state index in [0.29, 0.717) is 0 Å². The third-order valence-electron chi connectivity index (χ3n) is 1.66. The predicted octanol–water partition coefficient (Wildman–Crippen LogP) is 2.97. The van der Waals surface area contributed by atoms with Gasteiger partial charge < -0.3 is 5.11 Å². The number of benzene rings is 1. The van der Waals surface area contributed by atoms with Crippen LogP contribution in [0.25, 0.3) is 0 Å². The van der Waals surface area contributed by atoms with Crippen LogP contribution in [0.2, 0.25) is 0 Å². The molecule has 2 nitrogen and oxygen atoms in total. The second-order valence-electron chi connectivity index (χ2n) is 2.73. The van der Waals surface area contributed by atoms with Crippen molar-refractivity contribution in [2.45, 2.75) is 20.0 Å². The summed E-state index contributed by atoms with van der Waals surface area (Å²) in [4.78, 5) is 10.3. The zero-order valence-corrected chi connectivity index (χ0v) is 7.01. The third kappa shape index (κ3) is 3.61. The Morgan fingerprint density at radius 3 is 2.27 bits per heavy atom. The number of hydrogen-bond donors (Lipinski definition) is 1. The van der Waals surface area contributed by atoms with E-state index in [2.05, 4.69) is 0 Å². The maximum absolute atomic E-state index is 12.3. The molecule has 1 aromatic rings. The monoisotopic (exact) mass is 220 g/mol. The van der Waals surface area contributed by atoms with Gasteiger partial charge in [-0.1, -0.05) is 25.6 Å². The summed E-state index contributed by atoms with van der Waals surface area (Å²) in [6, 6.07) is 4.65. The minimum absolute atomic E-state index is 0.